The highest BCUT2D eigenvalue weighted by Crippen LogP contribution is 2.30. The third kappa shape index (κ3) is 4.03. The first kappa shape index (κ1) is 21.7. The van der Waals surface area contributed by atoms with Crippen molar-refractivity contribution in [3.8, 4) is 0 Å². The molecule has 1 N–H and O–H groups in total. The third-order valence-corrected chi connectivity index (χ3v) is 8.49. The Morgan fingerprint density at radius 2 is 1.85 bits per heavy atom. The Morgan fingerprint density at radius 3 is 2.64 bits per heavy atom. The van der Waals surface area contributed by atoms with E-state index in [9.17, 15) is 18.0 Å². The van der Waals surface area contributed by atoms with Crippen LogP contribution >= 0.6 is 11.3 Å². The Kier molecular flexibility index (Phi) is 5.47. The molecule has 1 saturated heterocycles. The van der Waals surface area contributed by atoms with Gasteiger partial charge in [-0.1, -0.05) is 23.5 Å². The number of benzene rings is 2. The van der Waals surface area contributed by atoms with Gasteiger partial charge in [-0.25, -0.2) is 18.4 Å². The van der Waals surface area contributed by atoms with Crippen molar-refractivity contribution in [2.24, 2.45) is 0 Å². The Hall–Kier alpha value is -3.15. The number of aromatic nitrogens is 3. The van der Waals surface area contributed by atoms with E-state index in [2.05, 4.69) is 15.3 Å². The van der Waals surface area contributed by atoms with Gasteiger partial charge in [-0.15, -0.1) is 0 Å². The van der Waals surface area contributed by atoms with E-state index in [1.54, 1.807) is 49.4 Å². The first-order valence-corrected chi connectivity index (χ1v) is 12.8. The van der Waals surface area contributed by atoms with E-state index in [4.69, 9.17) is 0 Å². The number of anilines is 1. The zero-order valence-electron chi connectivity index (χ0n) is 17.8. The van der Waals surface area contributed by atoms with E-state index < -0.39 is 15.9 Å². The van der Waals surface area contributed by atoms with E-state index in [0.717, 1.165) is 12.8 Å². The normalized spacial score (nSPS) is 14.8. The quantitative estimate of drug-likeness (QED) is 0.467. The Labute approximate surface area is 193 Å². The second-order valence-electron chi connectivity index (χ2n) is 7.88. The van der Waals surface area contributed by atoms with Crippen LogP contribution in [0.2, 0.25) is 0 Å². The second-order valence-corrected chi connectivity index (χ2v) is 10.8. The molecule has 2 aromatic carbocycles. The van der Waals surface area contributed by atoms with E-state index >= 15 is 0 Å². The molecule has 33 heavy (non-hydrogen) atoms. The highest BCUT2D eigenvalue weighted by Gasteiger charge is 2.27. The summed E-state index contributed by atoms with van der Waals surface area (Å²) in [4.78, 5) is 34.5. The summed E-state index contributed by atoms with van der Waals surface area (Å²) in [5.41, 5.74) is 0.897. The minimum Gasteiger partial charge on any atom is -0.300 e. The average Bonchev–Trinajstić information content (AvgIpc) is 3.46. The molecular weight excluding hydrogens is 462 g/mol. The summed E-state index contributed by atoms with van der Waals surface area (Å²) in [5, 5.41) is 3.50. The molecule has 0 atom stereocenters. The van der Waals surface area contributed by atoms with E-state index in [1.807, 2.05) is 0 Å². The molecule has 2 aromatic heterocycles. The molecule has 0 unspecified atom stereocenters. The van der Waals surface area contributed by atoms with E-state index in [1.165, 1.54) is 20.2 Å². The number of carbonyl (C=O) groups excluding carboxylic acids is 1. The molecule has 11 heteroatoms. The number of hydrogen-bond donors (Lipinski definition) is 1. The predicted molar refractivity (Wildman–Crippen MR) is 127 cm³/mol. The number of sulfonamides is 1. The highest BCUT2D eigenvalue weighted by atomic mass is 32.2. The Morgan fingerprint density at radius 1 is 1.09 bits per heavy atom. The maximum Gasteiger partial charge on any atom is 0.261 e. The predicted octanol–water partition coefficient (Wildman–Crippen LogP) is 2.74. The zero-order valence-corrected chi connectivity index (χ0v) is 19.4. The fourth-order valence-electron chi connectivity index (χ4n) is 3.96. The lowest BCUT2D eigenvalue weighted by molar-refractivity contribution is -0.116. The molecule has 1 fully saturated rings. The number of nitrogens with one attached hydrogen (secondary N) is 1. The summed E-state index contributed by atoms with van der Waals surface area (Å²) in [6.45, 7) is 2.55. The minimum atomic E-state index is -3.53. The molecule has 0 aliphatic carbocycles. The van der Waals surface area contributed by atoms with Crippen LogP contribution in [0, 0.1) is 6.92 Å². The van der Waals surface area contributed by atoms with Gasteiger partial charge in [0, 0.05) is 13.1 Å². The molecule has 1 amide bonds. The van der Waals surface area contributed by atoms with Crippen LogP contribution in [-0.2, 0) is 21.4 Å². The van der Waals surface area contributed by atoms with Crippen LogP contribution < -0.4 is 10.9 Å². The van der Waals surface area contributed by atoms with Crippen molar-refractivity contribution in [3.63, 3.8) is 0 Å². The summed E-state index contributed by atoms with van der Waals surface area (Å²) in [6.07, 6.45) is 1.74. The topological polar surface area (TPSA) is 114 Å². The number of aryl methyl sites for hydroxylation is 1. The number of thiazole rings is 1. The molecule has 0 saturated carbocycles. The minimum absolute atomic E-state index is 0.201. The van der Waals surface area contributed by atoms with Crippen LogP contribution in [0.15, 0.2) is 52.2 Å². The molecular formula is C22H21N5O4S2. The maximum absolute atomic E-state index is 12.8. The van der Waals surface area contributed by atoms with Crippen LogP contribution in [0.25, 0.3) is 21.1 Å². The molecule has 4 aromatic rings. The first-order chi connectivity index (χ1) is 15.8. The van der Waals surface area contributed by atoms with Gasteiger partial charge in [0.15, 0.2) is 5.13 Å². The number of rotatable bonds is 5. The van der Waals surface area contributed by atoms with Crippen molar-refractivity contribution >= 4 is 53.5 Å². The fourth-order valence-corrected chi connectivity index (χ4v) is 6.50. The van der Waals surface area contributed by atoms with Crippen molar-refractivity contribution in [1.29, 1.82) is 0 Å². The van der Waals surface area contributed by atoms with Crippen LogP contribution in [0.5, 0.6) is 0 Å². The zero-order chi connectivity index (χ0) is 23.2. The van der Waals surface area contributed by atoms with Crippen LogP contribution in [0.4, 0.5) is 5.13 Å². The van der Waals surface area contributed by atoms with Crippen molar-refractivity contribution < 1.29 is 13.2 Å². The molecule has 3 heterocycles. The SMILES string of the molecule is Cc1nc2ccccc2c(=O)n1CC(=O)Nc1nc2ccc(S(=O)(=O)N3CCCC3)cc2s1. The van der Waals surface area contributed by atoms with Crippen molar-refractivity contribution in [3.05, 3.63) is 58.6 Å². The number of para-hydroxylation sites is 1. The number of amides is 1. The average molecular weight is 484 g/mol. The van der Waals surface area contributed by atoms with Crippen LogP contribution in [0.1, 0.15) is 18.7 Å². The lowest BCUT2D eigenvalue weighted by Crippen LogP contribution is -2.30. The largest absolute Gasteiger partial charge is 0.300 e. The molecule has 0 radical (unpaired) electrons. The third-order valence-electron chi connectivity index (χ3n) is 5.66. The summed E-state index contributed by atoms with van der Waals surface area (Å²) < 4.78 is 29.1. The summed E-state index contributed by atoms with van der Waals surface area (Å²) in [6, 6.07) is 11.8. The van der Waals surface area contributed by atoms with Gasteiger partial charge >= 0.3 is 0 Å². The summed E-state index contributed by atoms with van der Waals surface area (Å²) >= 11 is 1.19. The van der Waals surface area contributed by atoms with Crippen molar-refractivity contribution in [2.75, 3.05) is 18.4 Å². The first-order valence-electron chi connectivity index (χ1n) is 10.5. The smallest absolute Gasteiger partial charge is 0.261 e. The Balaban J connectivity index is 1.38. The summed E-state index contributed by atoms with van der Waals surface area (Å²) in [7, 11) is -3.53. The molecule has 1 aliphatic rings. The number of nitrogens with zero attached hydrogens (tertiary/aromatic N) is 4. The van der Waals surface area contributed by atoms with Crippen LogP contribution in [0.3, 0.4) is 0 Å². The lowest BCUT2D eigenvalue weighted by Gasteiger charge is -2.15. The standard InChI is InChI=1S/C22H21N5O4S2/c1-14-23-17-7-3-2-6-16(17)21(29)27(14)13-20(28)25-22-24-18-9-8-15(12-19(18)32-22)33(30,31)26-10-4-5-11-26/h2-3,6-9,12H,4-5,10-11,13H2,1H3,(H,24,25,28). The van der Waals surface area contributed by atoms with E-state index in [-0.39, 0.29) is 17.0 Å². The van der Waals surface area contributed by atoms with Gasteiger partial charge in [0.1, 0.15) is 12.4 Å². The number of carbonyl (C=O) groups is 1. The van der Waals surface area contributed by atoms with Gasteiger partial charge in [0.2, 0.25) is 15.9 Å². The molecule has 170 valence electrons. The molecule has 1 aliphatic heterocycles. The maximum atomic E-state index is 12.8. The molecule has 0 spiro atoms. The molecule has 5 rings (SSSR count). The van der Waals surface area contributed by atoms with Gasteiger partial charge < -0.3 is 5.32 Å². The number of fused-ring (bicyclic) bond motifs is 2. The number of hydrogen-bond acceptors (Lipinski definition) is 7. The van der Waals surface area contributed by atoms with Gasteiger partial charge in [-0.2, -0.15) is 4.31 Å². The van der Waals surface area contributed by atoms with Crippen molar-refractivity contribution in [2.45, 2.75) is 31.2 Å². The Bertz CT molecular complexity index is 1550. The van der Waals surface area contributed by atoms with Crippen LogP contribution in [-0.4, -0.2) is 46.3 Å². The second kappa shape index (κ2) is 8.32. The van der Waals surface area contributed by atoms with Gasteiger partial charge in [-0.3, -0.25) is 14.2 Å². The van der Waals surface area contributed by atoms with Gasteiger partial charge in [0.05, 0.1) is 26.0 Å². The summed E-state index contributed by atoms with van der Waals surface area (Å²) in [5.74, 6) is 0.0242. The monoisotopic (exact) mass is 483 g/mol. The highest BCUT2D eigenvalue weighted by molar-refractivity contribution is 7.89. The van der Waals surface area contributed by atoms with Gasteiger partial charge in [0.25, 0.3) is 5.56 Å². The fraction of sp³-hybridized carbons (Fsp3) is 0.273. The van der Waals surface area contributed by atoms with Gasteiger partial charge in [-0.05, 0) is 50.1 Å². The molecule has 0 bridgehead atoms. The van der Waals surface area contributed by atoms with E-state index in [0.29, 0.717) is 45.2 Å². The molecule has 9 nitrogen and oxygen atoms in total. The lowest BCUT2D eigenvalue weighted by atomic mass is 10.2. The van der Waals surface area contributed by atoms with Crippen molar-refractivity contribution in [1.82, 2.24) is 18.8 Å².